The number of fused-ring (bicyclic) bond motifs is 7. The van der Waals surface area contributed by atoms with Gasteiger partial charge in [-0.3, -0.25) is 14.4 Å². The molecule has 0 spiro atoms. The van der Waals surface area contributed by atoms with Gasteiger partial charge in [-0.25, -0.2) is 0 Å². The molecule has 0 bridgehead atoms. The fraction of sp³-hybridized carbons (Fsp3) is 0.844. The predicted molar refractivity (Wildman–Crippen MR) is 143 cm³/mol. The summed E-state index contributed by atoms with van der Waals surface area (Å²) in [5.41, 5.74) is -0.280. The minimum atomic E-state index is -1.20. The monoisotopic (exact) mass is 512 g/mol. The quantitative estimate of drug-likeness (QED) is 0.410. The lowest BCUT2D eigenvalue weighted by atomic mass is 9.33. The van der Waals surface area contributed by atoms with Crippen LogP contribution >= 0.6 is 0 Å². The van der Waals surface area contributed by atoms with Crippen LogP contribution in [0.1, 0.15) is 107 Å². The molecular weight excluding hydrogens is 464 g/mol. The zero-order chi connectivity index (χ0) is 27.3. The van der Waals surface area contributed by atoms with Crippen molar-refractivity contribution >= 4 is 17.7 Å². The average Bonchev–Trinajstić information content (AvgIpc) is 2.79. The van der Waals surface area contributed by atoms with E-state index in [2.05, 4.69) is 47.6 Å². The maximum atomic E-state index is 14.4. The van der Waals surface area contributed by atoms with Gasteiger partial charge < -0.3 is 9.84 Å². The molecule has 0 aliphatic heterocycles. The fourth-order valence-electron chi connectivity index (χ4n) is 11.0. The number of rotatable bonds is 2. The van der Waals surface area contributed by atoms with Gasteiger partial charge in [0.05, 0.1) is 0 Å². The Labute approximate surface area is 223 Å². The van der Waals surface area contributed by atoms with E-state index in [0.29, 0.717) is 30.6 Å². The SMILES string of the molecule is CC(=O)O[C@@H]1CC[C@@]2(C)C(CC[C@]3(C)C2C(=O)C=C2C4[C@@H](C)[C@H](C)CC[C@]4(C)CC[C@]23C)[C@@]1(C)C(=O)O. The molecule has 206 valence electrons. The van der Waals surface area contributed by atoms with Crippen molar-refractivity contribution in [3.63, 3.8) is 0 Å². The van der Waals surface area contributed by atoms with Gasteiger partial charge in [0, 0.05) is 12.8 Å². The maximum absolute atomic E-state index is 14.4. The smallest absolute Gasteiger partial charge is 0.313 e. The van der Waals surface area contributed by atoms with E-state index < -0.39 is 28.9 Å². The first-order chi connectivity index (χ1) is 17.1. The molecule has 5 aliphatic rings. The van der Waals surface area contributed by atoms with Crippen molar-refractivity contribution in [3.8, 4) is 0 Å². The Bertz CT molecular complexity index is 1060. The number of aliphatic carboxylic acids is 1. The van der Waals surface area contributed by atoms with Gasteiger partial charge >= 0.3 is 11.9 Å². The van der Waals surface area contributed by atoms with E-state index in [1.807, 2.05) is 0 Å². The molecule has 0 amide bonds. The highest BCUT2D eigenvalue weighted by Gasteiger charge is 2.72. The first kappa shape index (κ1) is 26.9. The highest BCUT2D eigenvalue weighted by Crippen LogP contribution is 2.75. The third-order valence-corrected chi connectivity index (χ3v) is 13.5. The van der Waals surface area contributed by atoms with Gasteiger partial charge in [-0.05, 0) is 110 Å². The number of ether oxygens (including phenoxy) is 1. The van der Waals surface area contributed by atoms with Crippen molar-refractivity contribution in [3.05, 3.63) is 11.6 Å². The number of hydrogen-bond acceptors (Lipinski definition) is 4. The molecule has 5 heteroatoms. The molecule has 0 radical (unpaired) electrons. The van der Waals surface area contributed by atoms with Crippen molar-refractivity contribution < 1.29 is 24.2 Å². The van der Waals surface area contributed by atoms with Gasteiger partial charge in [0.15, 0.2) is 5.78 Å². The molecule has 0 aromatic heterocycles. The van der Waals surface area contributed by atoms with E-state index in [1.54, 1.807) is 6.92 Å². The average molecular weight is 513 g/mol. The van der Waals surface area contributed by atoms with Crippen molar-refractivity contribution in [2.45, 2.75) is 113 Å². The Morgan fingerprint density at radius 3 is 2.24 bits per heavy atom. The normalized spacial score (nSPS) is 53.1. The number of carbonyl (C=O) groups excluding carboxylic acids is 2. The lowest BCUT2D eigenvalue weighted by molar-refractivity contribution is -0.220. The molecule has 3 unspecified atom stereocenters. The highest BCUT2D eigenvalue weighted by atomic mass is 16.5. The van der Waals surface area contributed by atoms with Crippen LogP contribution in [0.3, 0.4) is 0 Å². The Morgan fingerprint density at radius 2 is 1.62 bits per heavy atom. The number of carboxylic acids is 1. The van der Waals surface area contributed by atoms with Gasteiger partial charge in [-0.15, -0.1) is 0 Å². The van der Waals surface area contributed by atoms with Gasteiger partial charge in [0.2, 0.25) is 0 Å². The number of esters is 1. The second-order valence-corrected chi connectivity index (χ2v) is 15.0. The van der Waals surface area contributed by atoms with E-state index in [-0.39, 0.29) is 33.9 Å². The molecule has 5 nitrogen and oxygen atoms in total. The van der Waals surface area contributed by atoms with Crippen molar-refractivity contribution in [2.24, 2.45) is 56.7 Å². The van der Waals surface area contributed by atoms with Crippen LogP contribution in [-0.4, -0.2) is 28.9 Å². The van der Waals surface area contributed by atoms with Crippen LogP contribution in [0, 0.1) is 56.7 Å². The minimum absolute atomic E-state index is 0.0680. The summed E-state index contributed by atoms with van der Waals surface area (Å²) in [6.07, 6.45) is 8.96. The topological polar surface area (TPSA) is 80.7 Å². The maximum Gasteiger partial charge on any atom is 0.313 e. The number of carboxylic acid groups (broad SMARTS) is 1. The molecule has 1 N–H and O–H groups in total. The molecule has 11 atom stereocenters. The lowest BCUT2D eigenvalue weighted by Crippen LogP contribution is -2.68. The minimum Gasteiger partial charge on any atom is -0.481 e. The van der Waals surface area contributed by atoms with Crippen LogP contribution in [0.5, 0.6) is 0 Å². The lowest BCUT2D eigenvalue weighted by Gasteiger charge is -2.70. The van der Waals surface area contributed by atoms with Crippen LogP contribution in [0.25, 0.3) is 0 Å². The van der Waals surface area contributed by atoms with Crippen molar-refractivity contribution in [1.82, 2.24) is 0 Å². The molecule has 4 fully saturated rings. The van der Waals surface area contributed by atoms with E-state index >= 15 is 0 Å². The number of ketones is 1. The molecule has 4 saturated carbocycles. The third kappa shape index (κ3) is 3.30. The van der Waals surface area contributed by atoms with Crippen LogP contribution in [0.2, 0.25) is 0 Å². The van der Waals surface area contributed by atoms with Gasteiger partial charge in [-0.1, -0.05) is 47.1 Å². The summed E-state index contributed by atoms with van der Waals surface area (Å²) >= 11 is 0. The van der Waals surface area contributed by atoms with Crippen LogP contribution < -0.4 is 0 Å². The summed E-state index contributed by atoms with van der Waals surface area (Å²) in [5, 5.41) is 10.5. The summed E-state index contributed by atoms with van der Waals surface area (Å²) in [5.74, 6) is 0.0756. The largest absolute Gasteiger partial charge is 0.481 e. The molecule has 0 saturated heterocycles. The Kier molecular flexibility index (Phi) is 5.95. The number of hydrogen-bond donors (Lipinski definition) is 1. The summed E-state index contributed by atoms with van der Waals surface area (Å²) in [4.78, 5) is 39.1. The summed E-state index contributed by atoms with van der Waals surface area (Å²) in [6, 6.07) is 0. The molecular formula is C32H48O5. The van der Waals surface area contributed by atoms with E-state index in [1.165, 1.54) is 31.8 Å². The predicted octanol–water partition coefficient (Wildman–Crippen LogP) is 6.84. The first-order valence-corrected chi connectivity index (χ1v) is 14.7. The van der Waals surface area contributed by atoms with E-state index in [9.17, 15) is 19.5 Å². The van der Waals surface area contributed by atoms with E-state index in [4.69, 9.17) is 4.74 Å². The van der Waals surface area contributed by atoms with Crippen LogP contribution in [-0.2, 0) is 19.1 Å². The van der Waals surface area contributed by atoms with Gasteiger partial charge in [-0.2, -0.15) is 0 Å². The second kappa shape index (κ2) is 8.18. The molecule has 5 aliphatic carbocycles. The molecule has 0 aromatic rings. The summed E-state index contributed by atoms with van der Waals surface area (Å²) in [6.45, 7) is 17.4. The first-order valence-electron chi connectivity index (χ1n) is 14.7. The van der Waals surface area contributed by atoms with Crippen molar-refractivity contribution in [1.29, 1.82) is 0 Å². The van der Waals surface area contributed by atoms with Crippen LogP contribution in [0.15, 0.2) is 11.6 Å². The Balaban J connectivity index is 1.62. The van der Waals surface area contributed by atoms with E-state index in [0.717, 1.165) is 19.3 Å². The Morgan fingerprint density at radius 1 is 0.946 bits per heavy atom. The highest BCUT2D eigenvalue weighted by molar-refractivity contribution is 5.96. The Hall–Kier alpha value is -1.65. The zero-order valence-corrected chi connectivity index (χ0v) is 24.3. The van der Waals surface area contributed by atoms with Gasteiger partial charge in [0.1, 0.15) is 11.5 Å². The standard InChI is InChI=1S/C32H48O5/c1-18-9-12-28(4)15-16-30(6)21(25(28)19(18)2)17-22(34)26-29(5)13-11-24(37-20(3)33)32(8,27(35)36)23(29)10-14-31(26,30)7/h17-19,23-26H,9-16H2,1-8H3,(H,35,36)/t18-,19+,23?,24-,25?,26?,28-,29+,30-,31-,32-/m1/s1. The zero-order valence-electron chi connectivity index (χ0n) is 24.3. The molecule has 5 rings (SSSR count). The second-order valence-electron chi connectivity index (χ2n) is 15.0. The van der Waals surface area contributed by atoms with Gasteiger partial charge in [0.25, 0.3) is 0 Å². The van der Waals surface area contributed by atoms with Crippen molar-refractivity contribution in [2.75, 3.05) is 0 Å². The molecule has 0 aromatic carbocycles. The number of allylic oxidation sites excluding steroid dienone is 2. The van der Waals surface area contributed by atoms with Crippen LogP contribution in [0.4, 0.5) is 0 Å². The molecule has 37 heavy (non-hydrogen) atoms. The summed E-state index contributed by atoms with van der Waals surface area (Å²) < 4.78 is 5.63. The fourth-order valence-corrected chi connectivity index (χ4v) is 11.0. The third-order valence-electron chi connectivity index (χ3n) is 13.5. The summed E-state index contributed by atoms with van der Waals surface area (Å²) in [7, 11) is 0. The molecule has 0 heterocycles. The number of carbonyl (C=O) groups is 3.